The van der Waals surface area contributed by atoms with Gasteiger partial charge in [-0.05, 0) is 29.8 Å². The topological polar surface area (TPSA) is 80.7 Å². The Hall–Kier alpha value is -2.80. The van der Waals surface area contributed by atoms with Gasteiger partial charge in [-0.3, -0.25) is 10.1 Å². The summed E-state index contributed by atoms with van der Waals surface area (Å²) in [4.78, 5) is 14.3. The van der Waals surface area contributed by atoms with Crippen LogP contribution < -0.4 is 0 Å². The number of fused-ring (bicyclic) bond motifs is 1. The Morgan fingerprint density at radius 2 is 2.14 bits per heavy atom. The maximum atomic E-state index is 13.3. The van der Waals surface area contributed by atoms with E-state index in [1.165, 1.54) is 6.07 Å². The Labute approximate surface area is 118 Å². The van der Waals surface area contributed by atoms with E-state index in [2.05, 4.69) is 4.98 Å². The smallest absolute Gasteiger partial charge is 0.305 e. The summed E-state index contributed by atoms with van der Waals surface area (Å²) in [6, 6.07) is 7.10. The summed E-state index contributed by atoms with van der Waals surface area (Å²) < 4.78 is 15.1. The molecule has 0 spiro atoms. The lowest BCUT2D eigenvalue weighted by Gasteiger charge is -1.97. The highest BCUT2D eigenvalue weighted by molar-refractivity contribution is 5.65. The second-order valence-electron chi connectivity index (χ2n) is 4.51. The maximum Gasteiger partial charge on any atom is 0.305 e. The molecule has 7 heteroatoms. The lowest BCUT2D eigenvalue weighted by Crippen LogP contribution is -1.92. The maximum absolute atomic E-state index is 13.3. The molecule has 0 fully saturated rings. The Kier molecular flexibility index (Phi) is 3.11. The first-order chi connectivity index (χ1) is 10.1. The third-order valence-electron chi connectivity index (χ3n) is 3.15. The summed E-state index contributed by atoms with van der Waals surface area (Å²) in [5.74, 6) is -0.880. The molecule has 0 unspecified atom stereocenters. The van der Waals surface area contributed by atoms with Crippen LogP contribution in [-0.2, 0) is 6.61 Å². The summed E-state index contributed by atoms with van der Waals surface area (Å²) >= 11 is 0. The number of aromatic nitrogens is 2. The highest BCUT2D eigenvalue weighted by Gasteiger charge is 2.16. The predicted octanol–water partition coefficient (Wildman–Crippen LogP) is 2.54. The second kappa shape index (κ2) is 4.95. The largest absolute Gasteiger partial charge is 0.392 e. The van der Waals surface area contributed by atoms with Crippen LogP contribution in [0.1, 0.15) is 5.56 Å². The first-order valence-electron chi connectivity index (χ1n) is 6.11. The zero-order valence-electron chi connectivity index (χ0n) is 10.7. The Balaban J connectivity index is 2.12. The van der Waals surface area contributed by atoms with Gasteiger partial charge in [-0.15, -0.1) is 0 Å². The Morgan fingerprint density at radius 1 is 1.33 bits per heavy atom. The fraction of sp³-hybridized carbons (Fsp3) is 0.0714. The molecule has 6 nitrogen and oxygen atoms in total. The first kappa shape index (κ1) is 13.2. The number of rotatable bonds is 3. The molecular weight excluding hydrogens is 277 g/mol. The zero-order valence-corrected chi connectivity index (χ0v) is 10.7. The van der Waals surface area contributed by atoms with Crippen molar-refractivity contribution in [1.29, 1.82) is 0 Å². The first-order valence-corrected chi connectivity index (χ1v) is 6.11. The molecule has 2 heterocycles. The van der Waals surface area contributed by atoms with Crippen molar-refractivity contribution in [3.63, 3.8) is 0 Å². The van der Waals surface area contributed by atoms with Crippen molar-refractivity contribution in [3.05, 3.63) is 64.2 Å². The van der Waals surface area contributed by atoms with Gasteiger partial charge in [0, 0.05) is 24.0 Å². The second-order valence-corrected chi connectivity index (χ2v) is 4.51. The number of aliphatic hydroxyl groups is 1. The van der Waals surface area contributed by atoms with Gasteiger partial charge in [-0.1, -0.05) is 0 Å². The van der Waals surface area contributed by atoms with Crippen LogP contribution in [0.15, 0.2) is 42.7 Å². The molecule has 2 aromatic heterocycles. The summed E-state index contributed by atoms with van der Waals surface area (Å²) in [5.41, 5.74) is 1.68. The van der Waals surface area contributed by atoms with Crippen LogP contribution in [0.5, 0.6) is 0 Å². The highest BCUT2D eigenvalue weighted by atomic mass is 19.1. The van der Waals surface area contributed by atoms with Crippen LogP contribution in [0.2, 0.25) is 0 Å². The molecule has 0 saturated carbocycles. The molecule has 0 atom stereocenters. The van der Waals surface area contributed by atoms with Gasteiger partial charge in [0.15, 0.2) is 0 Å². The molecule has 0 aliphatic rings. The summed E-state index contributed by atoms with van der Waals surface area (Å²) in [7, 11) is 0. The summed E-state index contributed by atoms with van der Waals surface area (Å²) in [6.45, 7) is -0.0965. The van der Waals surface area contributed by atoms with Crippen LogP contribution in [0.25, 0.3) is 16.9 Å². The van der Waals surface area contributed by atoms with E-state index in [9.17, 15) is 14.5 Å². The number of hydrogen-bond acceptors (Lipinski definition) is 4. The predicted molar refractivity (Wildman–Crippen MR) is 73.2 cm³/mol. The van der Waals surface area contributed by atoms with E-state index in [-0.39, 0.29) is 6.61 Å². The fourth-order valence-corrected chi connectivity index (χ4v) is 2.07. The minimum atomic E-state index is -0.880. The average molecular weight is 287 g/mol. The molecule has 0 aliphatic heterocycles. The van der Waals surface area contributed by atoms with Crippen molar-refractivity contribution in [2.45, 2.75) is 6.61 Å². The molecule has 21 heavy (non-hydrogen) atoms. The van der Waals surface area contributed by atoms with Crippen LogP contribution in [0.4, 0.5) is 10.1 Å². The number of pyridine rings is 1. The minimum absolute atomic E-state index is 0.0965. The number of halogens is 1. The van der Waals surface area contributed by atoms with Crippen LogP contribution in [0, 0.1) is 15.9 Å². The SMILES string of the molecule is O=[N+]([O-])c1cc(-c2cn3ccc(CO)cc3n2)ccc1F. The number of nitrogens with zero attached hydrogens (tertiary/aromatic N) is 3. The van der Waals surface area contributed by atoms with E-state index < -0.39 is 16.4 Å². The van der Waals surface area contributed by atoms with Crippen LogP contribution in [0.3, 0.4) is 0 Å². The summed E-state index contributed by atoms with van der Waals surface area (Å²) in [5, 5.41) is 19.9. The number of benzene rings is 1. The number of aliphatic hydroxyl groups excluding tert-OH is 1. The molecule has 1 N–H and O–H groups in total. The molecule has 0 saturated heterocycles. The van der Waals surface area contributed by atoms with E-state index in [1.807, 2.05) is 0 Å². The molecule has 0 aliphatic carbocycles. The standard InChI is InChI=1S/C14H10FN3O3/c15-11-2-1-10(6-13(11)18(20)21)12-7-17-4-3-9(8-19)5-14(17)16-12/h1-7,19H,8H2. The van der Waals surface area contributed by atoms with Gasteiger partial charge in [0.25, 0.3) is 0 Å². The molecule has 0 bridgehead atoms. The Bertz CT molecular complexity index is 845. The minimum Gasteiger partial charge on any atom is -0.392 e. The van der Waals surface area contributed by atoms with Gasteiger partial charge in [0.1, 0.15) is 5.65 Å². The fourth-order valence-electron chi connectivity index (χ4n) is 2.07. The van der Waals surface area contributed by atoms with Crippen molar-refractivity contribution in [2.75, 3.05) is 0 Å². The Morgan fingerprint density at radius 3 is 2.86 bits per heavy atom. The lowest BCUT2D eigenvalue weighted by molar-refractivity contribution is -0.387. The van der Waals surface area contributed by atoms with Gasteiger partial charge in [0.2, 0.25) is 5.82 Å². The van der Waals surface area contributed by atoms with Gasteiger partial charge in [-0.2, -0.15) is 4.39 Å². The van der Waals surface area contributed by atoms with Crippen LogP contribution in [-0.4, -0.2) is 19.4 Å². The van der Waals surface area contributed by atoms with Crippen molar-refractivity contribution < 1.29 is 14.4 Å². The van der Waals surface area contributed by atoms with E-state index >= 15 is 0 Å². The third-order valence-corrected chi connectivity index (χ3v) is 3.15. The molecule has 1 aromatic carbocycles. The molecule has 106 valence electrons. The lowest BCUT2D eigenvalue weighted by atomic mass is 10.1. The third kappa shape index (κ3) is 2.34. The molecule has 3 aromatic rings. The van der Waals surface area contributed by atoms with Crippen molar-refractivity contribution in [2.24, 2.45) is 0 Å². The monoisotopic (exact) mass is 287 g/mol. The zero-order chi connectivity index (χ0) is 15.0. The summed E-state index contributed by atoms with van der Waals surface area (Å²) in [6.07, 6.45) is 3.42. The van der Waals surface area contributed by atoms with Crippen molar-refractivity contribution in [3.8, 4) is 11.3 Å². The molecule has 3 rings (SSSR count). The van der Waals surface area contributed by atoms with Gasteiger partial charge < -0.3 is 9.51 Å². The van der Waals surface area contributed by atoms with Gasteiger partial charge in [0.05, 0.1) is 17.2 Å². The number of nitro groups is 1. The van der Waals surface area contributed by atoms with Gasteiger partial charge in [-0.25, -0.2) is 4.98 Å². The molecule has 0 radical (unpaired) electrons. The number of imidazole rings is 1. The molecule has 0 amide bonds. The quantitative estimate of drug-likeness (QED) is 0.593. The van der Waals surface area contributed by atoms with E-state index in [0.717, 1.165) is 12.1 Å². The van der Waals surface area contributed by atoms with E-state index in [4.69, 9.17) is 5.11 Å². The highest BCUT2D eigenvalue weighted by Crippen LogP contribution is 2.26. The number of hydrogen-bond donors (Lipinski definition) is 1. The molecular formula is C14H10FN3O3. The van der Waals surface area contributed by atoms with Crippen molar-refractivity contribution >= 4 is 11.3 Å². The van der Waals surface area contributed by atoms with Crippen LogP contribution >= 0.6 is 0 Å². The van der Waals surface area contributed by atoms with Crippen molar-refractivity contribution in [1.82, 2.24) is 9.38 Å². The average Bonchev–Trinajstić information content (AvgIpc) is 2.90. The number of nitro benzene ring substituents is 1. The van der Waals surface area contributed by atoms with E-state index in [0.29, 0.717) is 22.5 Å². The van der Waals surface area contributed by atoms with Gasteiger partial charge >= 0.3 is 5.69 Å². The van der Waals surface area contributed by atoms with E-state index in [1.54, 1.807) is 28.9 Å². The normalized spacial score (nSPS) is 11.0.